The highest BCUT2D eigenvalue weighted by Gasteiger charge is 2.41. The molecular weight excluding hydrogens is 396 g/mol. The van der Waals surface area contributed by atoms with Crippen molar-refractivity contribution in [2.45, 2.75) is 32.5 Å². The zero-order chi connectivity index (χ0) is 21.7. The van der Waals surface area contributed by atoms with Gasteiger partial charge in [-0.1, -0.05) is 42.5 Å². The minimum atomic E-state index is -4.44. The second-order valence-electron chi connectivity index (χ2n) is 7.13. The number of benzene rings is 3. The number of alkyl halides is 3. The van der Waals surface area contributed by atoms with Gasteiger partial charge in [-0.15, -0.1) is 0 Å². The minimum absolute atomic E-state index is 0.0103. The van der Waals surface area contributed by atoms with Crippen molar-refractivity contribution in [1.82, 2.24) is 0 Å². The van der Waals surface area contributed by atoms with E-state index in [0.717, 1.165) is 11.1 Å². The number of para-hydroxylation sites is 1. The van der Waals surface area contributed by atoms with E-state index in [2.05, 4.69) is 0 Å². The monoisotopic (exact) mass is 418 g/mol. The summed E-state index contributed by atoms with van der Waals surface area (Å²) in [6.45, 7) is 3.00. The predicted octanol–water partition coefficient (Wildman–Crippen LogP) is 7.10. The molecule has 0 radical (unpaired) electrons. The van der Waals surface area contributed by atoms with Crippen LogP contribution in [0.25, 0.3) is 0 Å². The summed E-state index contributed by atoms with van der Waals surface area (Å²) >= 11 is 0. The van der Waals surface area contributed by atoms with Crippen LogP contribution in [0.3, 0.4) is 0 Å². The highest BCUT2D eigenvalue weighted by Crippen LogP contribution is 2.36. The molecule has 3 aromatic carbocycles. The summed E-state index contributed by atoms with van der Waals surface area (Å²) in [5, 5.41) is 0. The standard InChI is InChI=1S/C24H22F4O2/c1-16-8-10-19(12-17(16)2)21(24(26,27)28)15-29-14-18-9-11-22(25)23(13-18)30-20-6-4-3-5-7-20/h3-13,21H,14-15H2,1-2H3. The maximum atomic E-state index is 14.0. The van der Waals surface area contributed by atoms with E-state index in [1.54, 1.807) is 49.4 Å². The molecule has 0 amide bonds. The Balaban J connectivity index is 1.69. The summed E-state index contributed by atoms with van der Waals surface area (Å²) in [6.07, 6.45) is -4.44. The van der Waals surface area contributed by atoms with E-state index in [4.69, 9.17) is 9.47 Å². The van der Waals surface area contributed by atoms with E-state index in [1.165, 1.54) is 24.3 Å². The first-order valence-electron chi connectivity index (χ1n) is 9.47. The zero-order valence-electron chi connectivity index (χ0n) is 16.7. The van der Waals surface area contributed by atoms with Crippen LogP contribution in [0.5, 0.6) is 11.5 Å². The van der Waals surface area contributed by atoms with E-state index >= 15 is 0 Å². The number of rotatable bonds is 7. The largest absolute Gasteiger partial charge is 0.454 e. The van der Waals surface area contributed by atoms with Crippen LogP contribution in [-0.4, -0.2) is 12.8 Å². The molecule has 6 heteroatoms. The fourth-order valence-corrected chi connectivity index (χ4v) is 2.99. The average molecular weight is 418 g/mol. The number of aryl methyl sites for hydroxylation is 2. The minimum Gasteiger partial charge on any atom is -0.454 e. The molecule has 3 aromatic rings. The summed E-state index contributed by atoms with van der Waals surface area (Å²) in [5.74, 6) is -1.85. The third-order valence-corrected chi connectivity index (χ3v) is 4.85. The molecule has 1 unspecified atom stereocenters. The van der Waals surface area contributed by atoms with Gasteiger partial charge >= 0.3 is 6.18 Å². The van der Waals surface area contributed by atoms with Gasteiger partial charge in [0.15, 0.2) is 11.6 Å². The molecule has 0 spiro atoms. The first-order valence-corrected chi connectivity index (χ1v) is 9.47. The summed E-state index contributed by atoms with van der Waals surface area (Å²) in [7, 11) is 0. The molecule has 0 aromatic heterocycles. The Morgan fingerprint density at radius 1 is 0.867 bits per heavy atom. The van der Waals surface area contributed by atoms with Gasteiger partial charge in [0.2, 0.25) is 0 Å². The molecule has 0 saturated heterocycles. The van der Waals surface area contributed by atoms with Gasteiger partial charge in [-0.25, -0.2) is 4.39 Å². The lowest BCUT2D eigenvalue weighted by atomic mass is 9.95. The van der Waals surface area contributed by atoms with Crippen molar-refractivity contribution in [2.24, 2.45) is 0 Å². The molecule has 1 atom stereocenters. The fraction of sp³-hybridized carbons (Fsp3) is 0.250. The van der Waals surface area contributed by atoms with E-state index in [-0.39, 0.29) is 17.9 Å². The first-order chi connectivity index (χ1) is 14.2. The second kappa shape index (κ2) is 9.30. The van der Waals surface area contributed by atoms with Crippen molar-refractivity contribution in [3.8, 4) is 11.5 Å². The molecule has 0 N–H and O–H groups in total. The van der Waals surface area contributed by atoms with Gasteiger partial charge in [0, 0.05) is 0 Å². The van der Waals surface area contributed by atoms with Gasteiger partial charge in [-0.3, -0.25) is 0 Å². The molecule has 0 bridgehead atoms. The first kappa shape index (κ1) is 21.8. The Morgan fingerprint density at radius 2 is 1.60 bits per heavy atom. The van der Waals surface area contributed by atoms with Crippen LogP contribution in [-0.2, 0) is 11.3 Å². The van der Waals surface area contributed by atoms with E-state index < -0.39 is 24.5 Å². The van der Waals surface area contributed by atoms with Crippen LogP contribution >= 0.6 is 0 Å². The van der Waals surface area contributed by atoms with Crippen LogP contribution in [0.4, 0.5) is 17.6 Å². The molecule has 30 heavy (non-hydrogen) atoms. The smallest absolute Gasteiger partial charge is 0.397 e. The number of halogens is 4. The van der Waals surface area contributed by atoms with Gasteiger partial charge < -0.3 is 9.47 Å². The molecule has 0 saturated carbocycles. The SMILES string of the molecule is Cc1ccc(C(COCc2ccc(F)c(Oc3ccccc3)c2)C(F)(F)F)cc1C. The van der Waals surface area contributed by atoms with Crippen molar-refractivity contribution < 1.29 is 27.0 Å². The maximum Gasteiger partial charge on any atom is 0.397 e. The normalized spacial score (nSPS) is 12.6. The lowest BCUT2D eigenvalue weighted by molar-refractivity contribution is -0.163. The third kappa shape index (κ3) is 5.60. The van der Waals surface area contributed by atoms with E-state index in [9.17, 15) is 17.6 Å². The summed E-state index contributed by atoms with van der Waals surface area (Å²) in [4.78, 5) is 0. The molecule has 0 aliphatic rings. The van der Waals surface area contributed by atoms with Crippen LogP contribution in [0.2, 0.25) is 0 Å². The summed E-state index contributed by atoms with van der Waals surface area (Å²) in [5.41, 5.74) is 2.40. The quantitative estimate of drug-likeness (QED) is 0.381. The lowest BCUT2D eigenvalue weighted by Crippen LogP contribution is -2.25. The van der Waals surface area contributed by atoms with Crippen molar-refractivity contribution in [2.75, 3.05) is 6.61 Å². The zero-order valence-corrected chi connectivity index (χ0v) is 16.7. The van der Waals surface area contributed by atoms with Crippen molar-refractivity contribution >= 4 is 0 Å². The van der Waals surface area contributed by atoms with Crippen LogP contribution < -0.4 is 4.74 Å². The van der Waals surface area contributed by atoms with Gasteiger partial charge in [-0.2, -0.15) is 13.2 Å². The Hall–Kier alpha value is -2.86. The molecule has 3 rings (SSSR count). The highest BCUT2D eigenvalue weighted by atomic mass is 19.4. The average Bonchev–Trinajstić information content (AvgIpc) is 2.70. The summed E-state index contributed by atoms with van der Waals surface area (Å²) < 4.78 is 65.7. The molecule has 0 aliphatic carbocycles. The molecule has 0 fully saturated rings. The molecular formula is C24H22F4O2. The highest BCUT2D eigenvalue weighted by molar-refractivity contribution is 5.35. The fourth-order valence-electron chi connectivity index (χ4n) is 2.99. The summed E-state index contributed by atoms with van der Waals surface area (Å²) in [6, 6.07) is 17.5. The number of hydrogen-bond donors (Lipinski definition) is 0. The van der Waals surface area contributed by atoms with Crippen LogP contribution in [0.1, 0.15) is 28.2 Å². The van der Waals surface area contributed by atoms with Crippen molar-refractivity contribution in [3.63, 3.8) is 0 Å². The Bertz CT molecular complexity index is 984. The van der Waals surface area contributed by atoms with Gasteiger partial charge in [0.1, 0.15) is 11.7 Å². The Morgan fingerprint density at radius 3 is 2.27 bits per heavy atom. The third-order valence-electron chi connectivity index (χ3n) is 4.85. The molecule has 0 heterocycles. The van der Waals surface area contributed by atoms with E-state index in [0.29, 0.717) is 11.3 Å². The molecule has 158 valence electrons. The maximum absolute atomic E-state index is 14.0. The molecule has 0 aliphatic heterocycles. The van der Waals surface area contributed by atoms with Gasteiger partial charge in [0.05, 0.1) is 13.2 Å². The van der Waals surface area contributed by atoms with Crippen LogP contribution in [0.15, 0.2) is 66.7 Å². The topological polar surface area (TPSA) is 18.5 Å². The predicted molar refractivity (Wildman–Crippen MR) is 107 cm³/mol. The van der Waals surface area contributed by atoms with E-state index in [1.807, 2.05) is 6.92 Å². The van der Waals surface area contributed by atoms with Gasteiger partial charge in [-0.05, 0) is 60.4 Å². The number of hydrogen-bond acceptors (Lipinski definition) is 2. The Kier molecular flexibility index (Phi) is 6.77. The second-order valence-corrected chi connectivity index (χ2v) is 7.13. The van der Waals surface area contributed by atoms with Crippen molar-refractivity contribution in [1.29, 1.82) is 0 Å². The molecule has 2 nitrogen and oxygen atoms in total. The van der Waals surface area contributed by atoms with Crippen LogP contribution in [0, 0.1) is 19.7 Å². The van der Waals surface area contributed by atoms with Crippen molar-refractivity contribution in [3.05, 3.63) is 94.8 Å². The lowest BCUT2D eigenvalue weighted by Gasteiger charge is -2.21. The van der Waals surface area contributed by atoms with Gasteiger partial charge in [0.25, 0.3) is 0 Å². The Labute approximate surface area is 173 Å². The number of ether oxygens (including phenoxy) is 2.